The Morgan fingerprint density at radius 3 is 2.58 bits per heavy atom. The molecule has 1 amide bonds. The Labute approximate surface area is 139 Å². The van der Waals surface area contributed by atoms with Crippen molar-refractivity contribution in [2.45, 2.75) is 25.3 Å². The molecule has 6 heteroatoms. The van der Waals surface area contributed by atoms with Crippen molar-refractivity contribution in [2.24, 2.45) is 5.92 Å². The number of amides is 1. The summed E-state index contributed by atoms with van der Waals surface area (Å²) in [4.78, 5) is 27.5. The number of benzene rings is 1. The van der Waals surface area contributed by atoms with Crippen molar-refractivity contribution in [3.8, 4) is 11.6 Å². The number of aliphatic carboxylic acids is 1. The van der Waals surface area contributed by atoms with E-state index < -0.39 is 11.9 Å². The molecule has 2 N–H and O–H groups in total. The van der Waals surface area contributed by atoms with Gasteiger partial charge in [0.05, 0.1) is 11.5 Å². The Hall–Kier alpha value is -2.89. The molecular weight excluding hydrogens is 308 g/mol. The maximum absolute atomic E-state index is 12.3. The molecule has 0 saturated heterocycles. The number of aromatic nitrogens is 1. The number of rotatable bonds is 5. The maximum Gasteiger partial charge on any atom is 0.308 e. The third-order valence-electron chi connectivity index (χ3n) is 4.11. The Balaban J connectivity index is 1.62. The average molecular weight is 326 g/mol. The highest BCUT2D eigenvalue weighted by atomic mass is 16.5. The van der Waals surface area contributed by atoms with Crippen LogP contribution in [0.3, 0.4) is 0 Å². The van der Waals surface area contributed by atoms with Gasteiger partial charge in [-0.2, -0.15) is 0 Å². The van der Waals surface area contributed by atoms with Crippen LogP contribution in [0.15, 0.2) is 48.7 Å². The van der Waals surface area contributed by atoms with Gasteiger partial charge in [-0.05, 0) is 31.0 Å². The predicted octanol–water partition coefficient (Wildman–Crippen LogP) is 2.86. The minimum absolute atomic E-state index is 0.313. The first-order chi connectivity index (χ1) is 11.6. The first-order valence-corrected chi connectivity index (χ1v) is 7.86. The Morgan fingerprint density at radius 2 is 1.92 bits per heavy atom. The monoisotopic (exact) mass is 326 g/mol. The smallest absolute Gasteiger partial charge is 0.308 e. The van der Waals surface area contributed by atoms with E-state index in [9.17, 15) is 9.59 Å². The minimum Gasteiger partial charge on any atom is -0.481 e. The molecule has 6 nitrogen and oxygen atoms in total. The second-order valence-corrected chi connectivity index (χ2v) is 5.76. The number of hydrogen-bond donors (Lipinski definition) is 2. The molecule has 0 bridgehead atoms. The first-order valence-electron chi connectivity index (χ1n) is 7.86. The third-order valence-corrected chi connectivity index (χ3v) is 4.11. The molecule has 3 rings (SSSR count). The highest BCUT2D eigenvalue weighted by molar-refractivity contribution is 5.94. The minimum atomic E-state index is -0.859. The largest absolute Gasteiger partial charge is 0.481 e. The van der Waals surface area contributed by atoms with Crippen molar-refractivity contribution in [3.63, 3.8) is 0 Å². The maximum atomic E-state index is 12.3. The third kappa shape index (κ3) is 3.71. The zero-order valence-electron chi connectivity index (χ0n) is 13.0. The first kappa shape index (κ1) is 16.0. The van der Waals surface area contributed by atoms with Crippen LogP contribution in [0, 0.1) is 5.92 Å². The van der Waals surface area contributed by atoms with Gasteiger partial charge in [-0.25, -0.2) is 4.98 Å². The Bertz CT molecular complexity index is 716. The molecule has 0 spiro atoms. The van der Waals surface area contributed by atoms with Crippen molar-refractivity contribution in [1.82, 2.24) is 10.3 Å². The number of carbonyl (C=O) groups excluding carboxylic acids is 1. The van der Waals surface area contributed by atoms with Gasteiger partial charge in [0.15, 0.2) is 0 Å². The predicted molar refractivity (Wildman–Crippen MR) is 87.0 cm³/mol. The molecule has 1 aromatic heterocycles. The van der Waals surface area contributed by atoms with Crippen molar-refractivity contribution >= 4 is 11.9 Å². The summed E-state index contributed by atoms with van der Waals surface area (Å²) in [5, 5.41) is 12.0. The van der Waals surface area contributed by atoms with Crippen molar-refractivity contribution in [3.05, 3.63) is 54.2 Å². The van der Waals surface area contributed by atoms with E-state index in [1.165, 1.54) is 6.20 Å². The van der Waals surface area contributed by atoms with Gasteiger partial charge in [0.2, 0.25) is 5.88 Å². The molecule has 24 heavy (non-hydrogen) atoms. The average Bonchev–Trinajstić information content (AvgIpc) is 3.05. The number of carboxylic acids is 1. The van der Waals surface area contributed by atoms with Gasteiger partial charge in [-0.1, -0.05) is 24.6 Å². The number of nitrogens with one attached hydrogen (secondary N) is 1. The lowest BCUT2D eigenvalue weighted by Gasteiger charge is -2.17. The van der Waals surface area contributed by atoms with E-state index in [2.05, 4.69) is 10.3 Å². The van der Waals surface area contributed by atoms with Crippen LogP contribution in [-0.4, -0.2) is 28.0 Å². The van der Waals surface area contributed by atoms with E-state index in [1.54, 1.807) is 12.1 Å². The van der Waals surface area contributed by atoms with E-state index >= 15 is 0 Å². The zero-order chi connectivity index (χ0) is 16.9. The highest BCUT2D eigenvalue weighted by Gasteiger charge is 2.34. The van der Waals surface area contributed by atoms with E-state index in [-0.39, 0.29) is 11.9 Å². The number of nitrogens with zero attached hydrogens (tertiary/aromatic N) is 1. The summed E-state index contributed by atoms with van der Waals surface area (Å²) in [6, 6.07) is 12.1. The molecule has 0 aliphatic heterocycles. The van der Waals surface area contributed by atoms with Gasteiger partial charge in [0, 0.05) is 18.3 Å². The van der Waals surface area contributed by atoms with Crippen LogP contribution in [0.5, 0.6) is 11.6 Å². The molecular formula is C18H18N2O4. The van der Waals surface area contributed by atoms with E-state index in [0.29, 0.717) is 30.0 Å². The second-order valence-electron chi connectivity index (χ2n) is 5.76. The van der Waals surface area contributed by atoms with Crippen LogP contribution >= 0.6 is 0 Å². The molecule has 1 heterocycles. The van der Waals surface area contributed by atoms with Crippen LogP contribution in [0.25, 0.3) is 0 Å². The van der Waals surface area contributed by atoms with Crippen molar-refractivity contribution < 1.29 is 19.4 Å². The van der Waals surface area contributed by atoms with E-state index in [4.69, 9.17) is 9.84 Å². The number of hydrogen-bond acceptors (Lipinski definition) is 4. The zero-order valence-corrected chi connectivity index (χ0v) is 13.0. The van der Waals surface area contributed by atoms with Gasteiger partial charge < -0.3 is 15.2 Å². The second kappa shape index (κ2) is 7.12. The summed E-state index contributed by atoms with van der Waals surface area (Å²) >= 11 is 0. The number of ether oxygens (including phenoxy) is 1. The molecule has 2 atom stereocenters. The van der Waals surface area contributed by atoms with E-state index in [1.807, 2.05) is 30.3 Å². The van der Waals surface area contributed by atoms with Gasteiger partial charge >= 0.3 is 5.97 Å². The fourth-order valence-electron chi connectivity index (χ4n) is 2.86. The van der Waals surface area contributed by atoms with Crippen molar-refractivity contribution in [1.29, 1.82) is 0 Å². The summed E-state index contributed by atoms with van der Waals surface area (Å²) in [5.74, 6) is -0.628. The molecule has 0 unspecified atom stereocenters. The highest BCUT2D eigenvalue weighted by Crippen LogP contribution is 2.26. The Kier molecular flexibility index (Phi) is 4.74. The molecule has 1 aliphatic carbocycles. The van der Waals surface area contributed by atoms with Crippen LogP contribution in [-0.2, 0) is 4.79 Å². The molecule has 1 fully saturated rings. The lowest BCUT2D eigenvalue weighted by molar-refractivity contribution is -0.142. The standard InChI is InChI=1S/C18H18N2O4/c21-17(20-15-8-4-7-14(15)18(22)23)12-9-10-16(19-11-12)24-13-5-2-1-3-6-13/h1-3,5-6,9-11,14-15H,4,7-8H2,(H,20,21)(H,22,23)/t14-,15+/m1/s1. The number of pyridine rings is 1. The SMILES string of the molecule is O=C(N[C@H]1CCC[C@H]1C(=O)O)c1ccc(Oc2ccccc2)nc1. The van der Waals surface area contributed by atoms with Gasteiger partial charge in [0.1, 0.15) is 5.75 Å². The molecule has 124 valence electrons. The van der Waals surface area contributed by atoms with Crippen molar-refractivity contribution in [2.75, 3.05) is 0 Å². The normalized spacial score (nSPS) is 19.7. The summed E-state index contributed by atoms with van der Waals surface area (Å²) in [6.45, 7) is 0. The summed E-state index contributed by atoms with van der Waals surface area (Å²) in [6.07, 6.45) is 3.52. The van der Waals surface area contributed by atoms with Crippen LogP contribution in [0.4, 0.5) is 0 Å². The number of para-hydroxylation sites is 1. The molecule has 0 radical (unpaired) electrons. The van der Waals surface area contributed by atoms with E-state index in [0.717, 1.165) is 6.42 Å². The van der Waals surface area contributed by atoms with Gasteiger partial charge in [-0.15, -0.1) is 0 Å². The molecule has 1 aliphatic rings. The summed E-state index contributed by atoms with van der Waals surface area (Å²) in [5.41, 5.74) is 0.381. The lowest BCUT2D eigenvalue weighted by atomic mass is 10.0. The van der Waals surface area contributed by atoms with Crippen LogP contribution in [0.2, 0.25) is 0 Å². The fourth-order valence-corrected chi connectivity index (χ4v) is 2.86. The molecule has 2 aromatic rings. The number of carbonyl (C=O) groups is 2. The molecule has 1 saturated carbocycles. The lowest BCUT2D eigenvalue weighted by Crippen LogP contribution is -2.40. The number of carboxylic acid groups (broad SMARTS) is 1. The molecule has 1 aromatic carbocycles. The van der Waals surface area contributed by atoms with Gasteiger partial charge in [-0.3, -0.25) is 9.59 Å². The fraction of sp³-hybridized carbons (Fsp3) is 0.278. The quantitative estimate of drug-likeness (QED) is 0.882. The summed E-state index contributed by atoms with van der Waals surface area (Å²) < 4.78 is 5.57. The summed E-state index contributed by atoms with van der Waals surface area (Å²) in [7, 11) is 0. The van der Waals surface area contributed by atoms with Crippen LogP contribution < -0.4 is 10.1 Å². The topological polar surface area (TPSA) is 88.5 Å². The Morgan fingerprint density at radius 1 is 1.12 bits per heavy atom. The van der Waals surface area contributed by atoms with Crippen LogP contribution in [0.1, 0.15) is 29.6 Å². The van der Waals surface area contributed by atoms with Gasteiger partial charge in [0.25, 0.3) is 5.91 Å².